The van der Waals surface area contributed by atoms with Crippen LogP contribution < -0.4 is 11.1 Å². The maximum atomic E-state index is 11.2. The molecule has 0 spiro atoms. The minimum Gasteiger partial charge on any atom is -0.352 e. The van der Waals surface area contributed by atoms with Gasteiger partial charge in [0, 0.05) is 19.0 Å². The van der Waals surface area contributed by atoms with Gasteiger partial charge in [0.05, 0.1) is 0 Å². The van der Waals surface area contributed by atoms with Crippen molar-refractivity contribution in [1.29, 1.82) is 0 Å². The van der Waals surface area contributed by atoms with Crippen LogP contribution in [0.2, 0.25) is 0 Å². The maximum absolute atomic E-state index is 11.2. The number of nitrogens with two attached hydrogens (primary N) is 1. The van der Waals surface area contributed by atoms with E-state index in [1.807, 2.05) is 0 Å². The summed E-state index contributed by atoms with van der Waals surface area (Å²) in [5, 5.41) is 6.06. The Balaban J connectivity index is 2.10. The highest BCUT2D eigenvalue weighted by Gasteiger charge is 2.28. The van der Waals surface area contributed by atoms with Crippen molar-refractivity contribution in [3.8, 4) is 0 Å². The molecule has 2 rings (SSSR count). The van der Waals surface area contributed by atoms with Crippen LogP contribution in [0.4, 0.5) is 0 Å². The molecular weight excluding hydrogens is 196 g/mol. The van der Waals surface area contributed by atoms with Gasteiger partial charge in [0.25, 0.3) is 11.7 Å². The first kappa shape index (κ1) is 10.1. The fraction of sp³-hybridized carbons (Fsp3) is 0.667. The van der Waals surface area contributed by atoms with E-state index in [0.29, 0.717) is 5.89 Å². The molecule has 0 aliphatic heterocycles. The van der Waals surface area contributed by atoms with Crippen LogP contribution >= 0.6 is 0 Å². The molecule has 15 heavy (non-hydrogen) atoms. The lowest BCUT2D eigenvalue weighted by Gasteiger charge is -2.01. The Hall–Kier alpha value is -1.43. The minimum atomic E-state index is -0.327. The van der Waals surface area contributed by atoms with Gasteiger partial charge in [0.15, 0.2) is 0 Å². The van der Waals surface area contributed by atoms with Crippen molar-refractivity contribution >= 4 is 5.91 Å². The van der Waals surface area contributed by atoms with Crippen LogP contribution in [0.1, 0.15) is 41.7 Å². The van der Waals surface area contributed by atoms with Crippen molar-refractivity contribution in [2.75, 3.05) is 7.05 Å². The van der Waals surface area contributed by atoms with Gasteiger partial charge in [-0.15, -0.1) is 0 Å². The average Bonchev–Trinajstić information content (AvgIpc) is 2.84. The van der Waals surface area contributed by atoms with Crippen LogP contribution in [-0.4, -0.2) is 29.1 Å². The van der Waals surface area contributed by atoms with Gasteiger partial charge in [0.2, 0.25) is 5.89 Å². The molecule has 0 unspecified atom stereocenters. The topological polar surface area (TPSA) is 94.0 Å². The van der Waals surface area contributed by atoms with E-state index in [4.69, 9.17) is 10.3 Å². The van der Waals surface area contributed by atoms with Crippen molar-refractivity contribution in [3.05, 3.63) is 11.7 Å². The smallest absolute Gasteiger partial charge is 0.292 e. The van der Waals surface area contributed by atoms with Crippen molar-refractivity contribution in [1.82, 2.24) is 15.5 Å². The van der Waals surface area contributed by atoms with E-state index in [0.717, 1.165) is 19.3 Å². The number of nitrogens with zero attached hydrogens (tertiary/aromatic N) is 2. The van der Waals surface area contributed by atoms with Gasteiger partial charge < -0.3 is 15.6 Å². The highest BCUT2D eigenvalue weighted by Crippen LogP contribution is 2.32. The third-order valence-corrected chi connectivity index (χ3v) is 2.69. The second-order valence-corrected chi connectivity index (χ2v) is 3.81. The van der Waals surface area contributed by atoms with E-state index in [1.165, 1.54) is 7.05 Å². The third kappa shape index (κ3) is 1.99. The van der Waals surface area contributed by atoms with Gasteiger partial charge in [-0.2, -0.15) is 4.98 Å². The monoisotopic (exact) mass is 210 g/mol. The molecule has 1 aromatic heterocycles. The first-order valence-corrected chi connectivity index (χ1v) is 5.02. The second-order valence-electron chi connectivity index (χ2n) is 3.81. The molecule has 6 heteroatoms. The molecule has 1 aliphatic carbocycles. The molecule has 0 aromatic carbocycles. The van der Waals surface area contributed by atoms with Crippen LogP contribution in [0.5, 0.6) is 0 Å². The third-order valence-electron chi connectivity index (χ3n) is 2.69. The Labute approximate surface area is 87.2 Å². The lowest BCUT2D eigenvalue weighted by molar-refractivity contribution is 0.0950. The summed E-state index contributed by atoms with van der Waals surface area (Å²) in [6.45, 7) is 0. The zero-order valence-electron chi connectivity index (χ0n) is 8.56. The normalized spacial score (nSPS) is 25.5. The number of hydrogen-bond donors (Lipinski definition) is 2. The predicted octanol–water partition coefficient (Wildman–Crippen LogP) is 0.0240. The quantitative estimate of drug-likeness (QED) is 0.717. The van der Waals surface area contributed by atoms with E-state index < -0.39 is 0 Å². The van der Waals surface area contributed by atoms with Gasteiger partial charge in [-0.3, -0.25) is 4.79 Å². The minimum absolute atomic E-state index is 0.0907. The number of hydrogen-bond acceptors (Lipinski definition) is 5. The molecule has 0 bridgehead atoms. The predicted molar refractivity (Wildman–Crippen MR) is 52.3 cm³/mol. The maximum Gasteiger partial charge on any atom is 0.292 e. The number of carbonyl (C=O) groups excluding carboxylic acids is 1. The van der Waals surface area contributed by atoms with Crippen molar-refractivity contribution in [3.63, 3.8) is 0 Å². The molecule has 1 amide bonds. The summed E-state index contributed by atoms with van der Waals surface area (Å²) in [6, 6.07) is 0.213. The van der Waals surface area contributed by atoms with Crippen LogP contribution in [0, 0.1) is 0 Å². The summed E-state index contributed by atoms with van der Waals surface area (Å²) < 4.78 is 5.04. The van der Waals surface area contributed by atoms with Crippen LogP contribution in [0.3, 0.4) is 0 Å². The van der Waals surface area contributed by atoms with Gasteiger partial charge in [-0.1, -0.05) is 5.16 Å². The number of nitrogens with one attached hydrogen (secondary N) is 1. The summed E-state index contributed by atoms with van der Waals surface area (Å²) in [7, 11) is 1.53. The van der Waals surface area contributed by atoms with Crippen molar-refractivity contribution < 1.29 is 9.32 Å². The van der Waals surface area contributed by atoms with E-state index >= 15 is 0 Å². The molecule has 1 saturated carbocycles. The second kappa shape index (κ2) is 3.98. The molecule has 1 heterocycles. The molecule has 0 saturated heterocycles. The van der Waals surface area contributed by atoms with Crippen LogP contribution in [0.15, 0.2) is 4.52 Å². The number of amides is 1. The van der Waals surface area contributed by atoms with E-state index in [1.54, 1.807) is 0 Å². The highest BCUT2D eigenvalue weighted by molar-refractivity contribution is 5.89. The molecule has 2 atom stereocenters. The van der Waals surface area contributed by atoms with E-state index in [9.17, 15) is 4.79 Å². The summed E-state index contributed by atoms with van der Waals surface area (Å²) in [5.41, 5.74) is 5.79. The SMILES string of the molecule is CNC(=O)c1noc([C@@H]2CC[C@H](N)C2)n1. The summed E-state index contributed by atoms with van der Waals surface area (Å²) in [5.74, 6) is 0.507. The van der Waals surface area contributed by atoms with Crippen molar-refractivity contribution in [2.24, 2.45) is 5.73 Å². The van der Waals surface area contributed by atoms with Crippen molar-refractivity contribution in [2.45, 2.75) is 31.2 Å². The molecule has 1 aromatic rings. The Kier molecular flexibility index (Phi) is 2.68. The number of rotatable bonds is 2. The fourth-order valence-corrected chi connectivity index (χ4v) is 1.85. The first-order valence-electron chi connectivity index (χ1n) is 5.02. The Morgan fingerprint density at radius 1 is 1.60 bits per heavy atom. The average molecular weight is 210 g/mol. The Morgan fingerprint density at radius 3 is 3.00 bits per heavy atom. The lowest BCUT2D eigenvalue weighted by atomic mass is 10.1. The van der Waals surface area contributed by atoms with Gasteiger partial charge in [-0.05, 0) is 19.3 Å². The Morgan fingerprint density at radius 2 is 2.40 bits per heavy atom. The zero-order valence-corrected chi connectivity index (χ0v) is 8.56. The number of carbonyl (C=O) groups is 1. The fourth-order valence-electron chi connectivity index (χ4n) is 1.85. The summed E-state index contributed by atoms with van der Waals surface area (Å²) in [4.78, 5) is 15.2. The first-order chi connectivity index (χ1) is 7.20. The molecule has 1 aliphatic rings. The molecule has 6 nitrogen and oxygen atoms in total. The molecule has 82 valence electrons. The zero-order chi connectivity index (χ0) is 10.8. The van der Waals surface area contributed by atoms with E-state index in [-0.39, 0.29) is 23.7 Å². The summed E-state index contributed by atoms with van der Waals surface area (Å²) >= 11 is 0. The van der Waals surface area contributed by atoms with E-state index in [2.05, 4.69) is 15.5 Å². The summed E-state index contributed by atoms with van der Waals surface area (Å²) in [6.07, 6.45) is 2.79. The molecule has 3 N–H and O–H groups in total. The highest BCUT2D eigenvalue weighted by atomic mass is 16.5. The Bertz CT molecular complexity index is 363. The largest absolute Gasteiger partial charge is 0.352 e. The molecule has 1 fully saturated rings. The van der Waals surface area contributed by atoms with Crippen LogP contribution in [-0.2, 0) is 0 Å². The van der Waals surface area contributed by atoms with Gasteiger partial charge in [-0.25, -0.2) is 0 Å². The van der Waals surface area contributed by atoms with Crippen LogP contribution in [0.25, 0.3) is 0 Å². The lowest BCUT2D eigenvalue weighted by Crippen LogP contribution is -2.19. The molecular formula is C9H14N4O2. The van der Waals surface area contributed by atoms with Gasteiger partial charge in [0.1, 0.15) is 0 Å². The number of aromatic nitrogens is 2. The molecule has 0 radical (unpaired) electrons. The van der Waals surface area contributed by atoms with Gasteiger partial charge >= 0.3 is 0 Å². The standard InChI is InChI=1S/C9H14N4O2/c1-11-8(14)7-12-9(15-13-7)5-2-3-6(10)4-5/h5-6H,2-4,10H2,1H3,(H,11,14)/t5-,6+/m1/s1.